The van der Waals surface area contributed by atoms with Gasteiger partial charge in [-0.15, -0.1) is 0 Å². The molecule has 10 N–H and O–H groups in total. The largest absolute Gasteiger partial charge is 0.355 e. The van der Waals surface area contributed by atoms with Crippen LogP contribution in [0.5, 0.6) is 0 Å². The second-order valence-corrected chi connectivity index (χ2v) is 20.7. The molecule has 0 aromatic carbocycles. The van der Waals surface area contributed by atoms with Crippen LogP contribution in [0.2, 0.25) is 0 Å². The minimum Gasteiger partial charge on any atom is -0.355 e. The third-order valence-corrected chi connectivity index (χ3v) is 14.1. The monoisotopic (exact) mass is 949 g/mol. The molecule has 2 unspecified atom stereocenters. The van der Waals surface area contributed by atoms with Crippen molar-refractivity contribution in [3.8, 4) is 0 Å². The number of nitrogens with two attached hydrogens (primary N) is 4. The van der Waals surface area contributed by atoms with Crippen molar-refractivity contribution in [2.75, 3.05) is 65.4 Å². The van der Waals surface area contributed by atoms with Gasteiger partial charge in [-0.25, -0.2) is 0 Å². The minimum absolute atomic E-state index is 0.0621. The maximum Gasteiger partial charge on any atom is 0.236 e. The summed E-state index contributed by atoms with van der Waals surface area (Å²) in [5.41, 5.74) is 23.6. The van der Waals surface area contributed by atoms with E-state index in [2.05, 4.69) is 34.3 Å². The van der Waals surface area contributed by atoms with E-state index in [1.807, 2.05) is 0 Å². The van der Waals surface area contributed by atoms with Crippen LogP contribution < -0.4 is 33.6 Å². The summed E-state index contributed by atoms with van der Waals surface area (Å²) in [6, 6.07) is -0.940. The molecule has 0 bridgehead atoms. The molecule has 10 heteroatoms. The molecule has 0 aliphatic rings. The Hall–Kier alpha value is -1.30. The first-order valence-electron chi connectivity index (χ1n) is 29.8. The van der Waals surface area contributed by atoms with Crippen molar-refractivity contribution in [3.05, 3.63) is 0 Å². The Morgan fingerprint density at radius 3 is 0.836 bits per heavy atom. The van der Waals surface area contributed by atoms with Crippen LogP contribution in [-0.2, 0) is 9.59 Å². The van der Waals surface area contributed by atoms with Crippen LogP contribution in [-0.4, -0.2) is 99.1 Å². The molecule has 0 rings (SSSR count). The Morgan fingerprint density at radius 2 is 0.567 bits per heavy atom. The zero-order valence-electron chi connectivity index (χ0n) is 45.2. The van der Waals surface area contributed by atoms with E-state index in [-0.39, 0.29) is 11.8 Å². The smallest absolute Gasteiger partial charge is 0.236 e. The maximum atomic E-state index is 12.6. The fraction of sp³-hybridized carbons (Fsp3) is 0.965. The maximum absolute atomic E-state index is 12.6. The van der Waals surface area contributed by atoms with Crippen LogP contribution in [0.4, 0.5) is 0 Å². The van der Waals surface area contributed by atoms with Crippen molar-refractivity contribution in [2.45, 2.75) is 289 Å². The van der Waals surface area contributed by atoms with Crippen molar-refractivity contribution in [1.29, 1.82) is 0 Å². The highest BCUT2D eigenvalue weighted by Gasteiger charge is 2.15. The topological polar surface area (TPSA) is 169 Å². The Bertz CT molecular complexity index is 933. The second kappa shape index (κ2) is 54.0. The number of hydrogen-bond acceptors (Lipinski definition) is 8. The van der Waals surface area contributed by atoms with Crippen LogP contribution in [0.3, 0.4) is 0 Å². The van der Waals surface area contributed by atoms with E-state index in [0.717, 1.165) is 71.1 Å². The molecule has 2 atom stereocenters. The summed E-state index contributed by atoms with van der Waals surface area (Å²) in [5.74, 6) is -0.124. The molecule has 0 aliphatic heterocycles. The van der Waals surface area contributed by atoms with E-state index >= 15 is 0 Å². The lowest BCUT2D eigenvalue weighted by atomic mass is 10.0. The lowest BCUT2D eigenvalue weighted by Crippen LogP contribution is -2.42. The van der Waals surface area contributed by atoms with Gasteiger partial charge >= 0.3 is 0 Å². The van der Waals surface area contributed by atoms with E-state index in [9.17, 15) is 9.59 Å². The van der Waals surface area contributed by atoms with Crippen molar-refractivity contribution in [2.24, 2.45) is 22.9 Å². The normalized spacial score (nSPS) is 12.7. The molecular formula is C57H120N8O2. The second-order valence-electron chi connectivity index (χ2n) is 20.7. The van der Waals surface area contributed by atoms with Crippen LogP contribution in [0.25, 0.3) is 0 Å². The van der Waals surface area contributed by atoms with Crippen molar-refractivity contribution in [1.82, 2.24) is 20.4 Å². The highest BCUT2D eigenvalue weighted by atomic mass is 16.2. The summed E-state index contributed by atoms with van der Waals surface area (Å²) in [6.07, 6.45) is 52.8. The molecule has 0 saturated carbocycles. The Morgan fingerprint density at radius 1 is 0.328 bits per heavy atom. The number of hydrogen-bond donors (Lipinski definition) is 6. The predicted octanol–water partition coefficient (Wildman–Crippen LogP) is 12.4. The van der Waals surface area contributed by atoms with Crippen molar-refractivity contribution >= 4 is 11.8 Å². The molecule has 0 radical (unpaired) electrons. The van der Waals surface area contributed by atoms with Gasteiger partial charge in [0, 0.05) is 13.1 Å². The van der Waals surface area contributed by atoms with E-state index in [1.54, 1.807) is 0 Å². The van der Waals surface area contributed by atoms with Crippen molar-refractivity contribution in [3.63, 3.8) is 0 Å². The van der Waals surface area contributed by atoms with Crippen LogP contribution in [0, 0.1) is 0 Å². The highest BCUT2D eigenvalue weighted by molar-refractivity contribution is 5.81. The average molecular weight is 950 g/mol. The van der Waals surface area contributed by atoms with Gasteiger partial charge in [0.2, 0.25) is 11.8 Å². The first kappa shape index (κ1) is 65.7. The van der Waals surface area contributed by atoms with E-state index in [0.29, 0.717) is 39.0 Å². The molecule has 0 aromatic heterocycles. The SMILES string of the molecule is CCCCCCCCCCCCCCCCCCN(CCCCCCCCCCCCCCCCCC)CCCN(CCCNC(=O)C(N)CCCCN)CCCNC(=O)C(N)CCCCN. The number of nitrogens with one attached hydrogen (secondary N) is 2. The molecule has 2 amide bonds. The minimum atomic E-state index is -0.470. The molecular weight excluding hydrogens is 829 g/mol. The van der Waals surface area contributed by atoms with Gasteiger partial charge in [-0.3, -0.25) is 9.59 Å². The molecule has 0 saturated heterocycles. The lowest BCUT2D eigenvalue weighted by molar-refractivity contribution is -0.123. The fourth-order valence-electron chi connectivity index (χ4n) is 9.53. The molecule has 10 nitrogen and oxygen atoms in total. The number of carbonyl (C=O) groups excluding carboxylic acids is 2. The van der Waals surface area contributed by atoms with E-state index in [4.69, 9.17) is 22.9 Å². The van der Waals surface area contributed by atoms with Gasteiger partial charge in [0.1, 0.15) is 0 Å². The zero-order chi connectivity index (χ0) is 48.9. The summed E-state index contributed by atoms with van der Waals surface area (Å²) in [7, 11) is 0. The highest BCUT2D eigenvalue weighted by Crippen LogP contribution is 2.16. The van der Waals surface area contributed by atoms with Gasteiger partial charge in [-0.2, -0.15) is 0 Å². The first-order chi connectivity index (χ1) is 32.9. The van der Waals surface area contributed by atoms with Crippen LogP contribution in [0.1, 0.15) is 277 Å². The van der Waals surface area contributed by atoms with Gasteiger partial charge in [-0.1, -0.05) is 219 Å². The lowest BCUT2D eigenvalue weighted by Gasteiger charge is -2.26. The van der Waals surface area contributed by atoms with E-state index in [1.165, 1.54) is 219 Å². The van der Waals surface area contributed by atoms with Crippen molar-refractivity contribution < 1.29 is 9.59 Å². The summed E-state index contributed by atoms with van der Waals surface area (Å²) in [4.78, 5) is 30.5. The Labute approximate surface area is 417 Å². The van der Waals surface area contributed by atoms with Gasteiger partial charge in [0.25, 0.3) is 0 Å². The number of nitrogens with zero attached hydrogens (tertiary/aromatic N) is 2. The average Bonchev–Trinajstić information content (AvgIpc) is 3.33. The third-order valence-electron chi connectivity index (χ3n) is 14.1. The predicted molar refractivity (Wildman–Crippen MR) is 294 cm³/mol. The summed E-state index contributed by atoms with van der Waals surface area (Å²) in [6.45, 7) is 13.5. The molecule has 0 aromatic rings. The van der Waals surface area contributed by atoms with E-state index < -0.39 is 12.1 Å². The summed E-state index contributed by atoms with van der Waals surface area (Å²) < 4.78 is 0. The Balaban J connectivity index is 4.90. The number of rotatable bonds is 56. The zero-order valence-corrected chi connectivity index (χ0v) is 45.2. The van der Waals surface area contributed by atoms with Crippen LogP contribution in [0.15, 0.2) is 0 Å². The first-order valence-corrected chi connectivity index (χ1v) is 29.8. The molecule has 0 fully saturated rings. The molecule has 67 heavy (non-hydrogen) atoms. The molecule has 0 heterocycles. The number of unbranched alkanes of at least 4 members (excludes halogenated alkanes) is 32. The van der Waals surface area contributed by atoms with Gasteiger partial charge in [0.15, 0.2) is 0 Å². The fourth-order valence-corrected chi connectivity index (χ4v) is 9.53. The standard InChI is InChI=1S/C57H120N8O2/c1-3-5-7-9-11-13-15-17-19-21-23-25-27-29-31-37-48-64(49-38-32-30-28-26-24-22-20-18-16-14-12-10-8-6-4-2)52-41-53-65(50-39-46-62-56(66)54(60)42-33-35-44-58)51-40-47-63-57(67)55(61)43-34-36-45-59/h54-55H,3-53,58-61H2,1-2H3,(H,62,66)(H,63,67). The molecule has 400 valence electrons. The number of carbonyl (C=O) groups is 2. The molecule has 0 spiro atoms. The van der Waals surface area contributed by atoms with Gasteiger partial charge in [-0.05, 0) is 110 Å². The van der Waals surface area contributed by atoms with Crippen LogP contribution >= 0.6 is 0 Å². The van der Waals surface area contributed by atoms with Gasteiger partial charge < -0.3 is 43.4 Å². The Kier molecular flexibility index (Phi) is 53.0. The van der Waals surface area contributed by atoms with Gasteiger partial charge in [0.05, 0.1) is 12.1 Å². The molecule has 0 aliphatic carbocycles. The summed E-state index contributed by atoms with van der Waals surface area (Å²) in [5, 5.41) is 6.14. The third kappa shape index (κ3) is 48.1. The summed E-state index contributed by atoms with van der Waals surface area (Å²) >= 11 is 0. The number of amides is 2. The quantitative estimate of drug-likeness (QED) is 0.0328.